The van der Waals surface area contributed by atoms with Crippen molar-refractivity contribution in [2.45, 2.75) is 32.4 Å². The molecular formula is C22H27N3O4. The number of aryl methyl sites for hydroxylation is 1. The molecule has 2 atom stereocenters. The fourth-order valence-electron chi connectivity index (χ4n) is 5.01. The van der Waals surface area contributed by atoms with Gasteiger partial charge in [-0.05, 0) is 31.4 Å². The molecule has 0 N–H and O–H groups in total. The number of hydrogen-bond donors (Lipinski definition) is 0. The highest BCUT2D eigenvalue weighted by molar-refractivity contribution is 5.93. The fourth-order valence-corrected chi connectivity index (χ4v) is 5.01. The van der Waals surface area contributed by atoms with Crippen LogP contribution in [0, 0.1) is 12.8 Å². The smallest absolute Gasteiger partial charge is 0.289 e. The van der Waals surface area contributed by atoms with Crippen LogP contribution < -0.4 is 5.56 Å². The number of aromatic nitrogens is 1. The summed E-state index contributed by atoms with van der Waals surface area (Å²) >= 11 is 0. The van der Waals surface area contributed by atoms with E-state index in [1.54, 1.807) is 6.26 Å². The van der Waals surface area contributed by atoms with E-state index in [1.807, 2.05) is 28.5 Å². The van der Waals surface area contributed by atoms with Crippen molar-refractivity contribution in [1.29, 1.82) is 0 Å². The Morgan fingerprint density at radius 1 is 1.14 bits per heavy atom. The molecular weight excluding hydrogens is 370 g/mol. The van der Waals surface area contributed by atoms with E-state index >= 15 is 0 Å². The van der Waals surface area contributed by atoms with Gasteiger partial charge in [0.2, 0.25) is 0 Å². The van der Waals surface area contributed by atoms with E-state index < -0.39 is 0 Å². The predicted molar refractivity (Wildman–Crippen MR) is 107 cm³/mol. The molecule has 5 heterocycles. The molecule has 1 amide bonds. The quantitative estimate of drug-likeness (QED) is 0.791. The Morgan fingerprint density at radius 3 is 2.72 bits per heavy atom. The highest BCUT2D eigenvalue weighted by Gasteiger charge is 2.37. The van der Waals surface area contributed by atoms with Crippen molar-refractivity contribution in [1.82, 2.24) is 14.4 Å². The van der Waals surface area contributed by atoms with E-state index in [0.717, 1.165) is 49.5 Å². The summed E-state index contributed by atoms with van der Waals surface area (Å²) in [6.07, 6.45) is 2.60. The highest BCUT2D eigenvalue weighted by Crippen LogP contribution is 2.36. The number of carbonyl (C=O) groups excluding carboxylic acids is 1. The first-order valence-electron chi connectivity index (χ1n) is 10.5. The van der Waals surface area contributed by atoms with Gasteiger partial charge in [0.15, 0.2) is 5.76 Å². The topological polar surface area (TPSA) is 67.9 Å². The SMILES string of the molecule is Cc1ccoc1C(=O)N1C[C@@H]2C[C@H](C1)c1ccc(CN3CCOCC3)c(=O)n1C2. The molecule has 2 bridgehead atoms. The summed E-state index contributed by atoms with van der Waals surface area (Å²) in [5.74, 6) is 0.897. The number of carbonyl (C=O) groups is 1. The average molecular weight is 397 g/mol. The summed E-state index contributed by atoms with van der Waals surface area (Å²) in [7, 11) is 0. The Balaban J connectivity index is 1.38. The Morgan fingerprint density at radius 2 is 1.97 bits per heavy atom. The van der Waals surface area contributed by atoms with E-state index in [2.05, 4.69) is 11.0 Å². The third-order valence-corrected chi connectivity index (χ3v) is 6.52. The van der Waals surface area contributed by atoms with Crippen LogP contribution in [-0.4, -0.2) is 59.7 Å². The molecule has 2 aromatic rings. The third kappa shape index (κ3) is 3.42. The average Bonchev–Trinajstić information content (AvgIpc) is 3.16. The maximum atomic E-state index is 13.2. The number of fused-ring (bicyclic) bond motifs is 4. The summed E-state index contributed by atoms with van der Waals surface area (Å²) < 4.78 is 12.8. The van der Waals surface area contributed by atoms with Gasteiger partial charge in [-0.2, -0.15) is 0 Å². The first-order valence-corrected chi connectivity index (χ1v) is 10.5. The van der Waals surface area contributed by atoms with Crippen LogP contribution in [0.3, 0.4) is 0 Å². The van der Waals surface area contributed by atoms with E-state index in [1.165, 1.54) is 0 Å². The molecule has 0 aliphatic carbocycles. The molecule has 3 aliphatic rings. The Labute approximate surface area is 169 Å². The van der Waals surface area contributed by atoms with Crippen molar-refractivity contribution in [3.63, 3.8) is 0 Å². The minimum atomic E-state index is -0.0399. The predicted octanol–water partition coefficient (Wildman–Crippen LogP) is 1.84. The molecule has 3 aliphatic heterocycles. The van der Waals surface area contributed by atoms with E-state index in [-0.39, 0.29) is 17.4 Å². The van der Waals surface area contributed by atoms with Crippen LogP contribution in [0.4, 0.5) is 0 Å². The Kier molecular flexibility index (Phi) is 4.80. The van der Waals surface area contributed by atoms with Crippen molar-refractivity contribution in [2.24, 2.45) is 5.92 Å². The summed E-state index contributed by atoms with van der Waals surface area (Å²) in [6.45, 7) is 7.78. The monoisotopic (exact) mass is 397 g/mol. The normalized spacial score (nSPS) is 24.4. The second kappa shape index (κ2) is 7.46. The van der Waals surface area contributed by atoms with Gasteiger partial charge in [-0.25, -0.2) is 0 Å². The van der Waals surface area contributed by atoms with Crippen molar-refractivity contribution in [3.8, 4) is 0 Å². The second-order valence-corrected chi connectivity index (χ2v) is 8.53. The number of morpholine rings is 1. The van der Waals surface area contributed by atoms with Crippen LogP contribution in [0.15, 0.2) is 33.7 Å². The maximum absolute atomic E-state index is 13.2. The number of piperidine rings is 1. The van der Waals surface area contributed by atoms with Crippen molar-refractivity contribution < 1.29 is 13.9 Å². The van der Waals surface area contributed by atoms with Gasteiger partial charge in [0.25, 0.3) is 11.5 Å². The molecule has 2 aromatic heterocycles. The first kappa shape index (κ1) is 18.6. The van der Waals surface area contributed by atoms with Gasteiger partial charge in [0.05, 0.1) is 19.5 Å². The molecule has 29 heavy (non-hydrogen) atoms. The van der Waals surface area contributed by atoms with Gasteiger partial charge >= 0.3 is 0 Å². The van der Waals surface area contributed by atoms with Crippen LogP contribution in [0.2, 0.25) is 0 Å². The minimum Gasteiger partial charge on any atom is -0.459 e. The number of furan rings is 1. The molecule has 7 heteroatoms. The van der Waals surface area contributed by atoms with Crippen LogP contribution in [-0.2, 0) is 17.8 Å². The van der Waals surface area contributed by atoms with Gasteiger partial charge in [-0.3, -0.25) is 14.5 Å². The van der Waals surface area contributed by atoms with E-state index in [0.29, 0.717) is 37.9 Å². The molecule has 2 fully saturated rings. The molecule has 2 saturated heterocycles. The maximum Gasteiger partial charge on any atom is 0.289 e. The van der Waals surface area contributed by atoms with Gasteiger partial charge in [0, 0.05) is 62.0 Å². The van der Waals surface area contributed by atoms with Gasteiger partial charge < -0.3 is 18.6 Å². The Hall–Kier alpha value is -2.38. The first-order chi connectivity index (χ1) is 14.1. The fraction of sp³-hybridized carbons (Fsp3) is 0.545. The van der Waals surface area contributed by atoms with Crippen molar-refractivity contribution >= 4 is 5.91 Å². The van der Waals surface area contributed by atoms with E-state index in [4.69, 9.17) is 9.15 Å². The zero-order valence-corrected chi connectivity index (χ0v) is 16.8. The lowest BCUT2D eigenvalue weighted by Crippen LogP contribution is -2.49. The molecule has 154 valence electrons. The Bertz CT molecular complexity index is 973. The van der Waals surface area contributed by atoms with Gasteiger partial charge in [0.1, 0.15) is 0 Å². The van der Waals surface area contributed by atoms with Crippen molar-refractivity contribution in [2.75, 3.05) is 39.4 Å². The van der Waals surface area contributed by atoms with Crippen LogP contribution >= 0.6 is 0 Å². The summed E-state index contributed by atoms with van der Waals surface area (Å²) in [4.78, 5) is 30.3. The molecule has 5 rings (SSSR count). The summed E-state index contributed by atoms with van der Waals surface area (Å²) in [6, 6.07) is 5.91. The number of rotatable bonds is 3. The molecule has 0 unspecified atom stereocenters. The second-order valence-electron chi connectivity index (χ2n) is 8.53. The molecule has 0 saturated carbocycles. The lowest BCUT2D eigenvalue weighted by atomic mass is 9.82. The highest BCUT2D eigenvalue weighted by atomic mass is 16.5. The largest absolute Gasteiger partial charge is 0.459 e. The van der Waals surface area contributed by atoms with Gasteiger partial charge in [-0.1, -0.05) is 6.07 Å². The number of hydrogen-bond acceptors (Lipinski definition) is 5. The minimum absolute atomic E-state index is 0.0399. The zero-order valence-electron chi connectivity index (χ0n) is 16.8. The van der Waals surface area contributed by atoms with Crippen LogP contribution in [0.1, 0.15) is 39.7 Å². The number of ether oxygens (including phenoxy) is 1. The van der Waals surface area contributed by atoms with Crippen LogP contribution in [0.5, 0.6) is 0 Å². The number of pyridine rings is 1. The lowest BCUT2D eigenvalue weighted by Gasteiger charge is -2.42. The summed E-state index contributed by atoms with van der Waals surface area (Å²) in [5.41, 5.74) is 2.92. The molecule has 0 aromatic carbocycles. The zero-order chi connectivity index (χ0) is 20.0. The van der Waals surface area contributed by atoms with Crippen molar-refractivity contribution in [3.05, 3.63) is 57.4 Å². The number of likely N-dealkylation sites (tertiary alicyclic amines) is 1. The molecule has 0 spiro atoms. The standard InChI is InChI=1S/C22H27N3O4/c1-15-4-7-29-20(15)22(27)24-11-16-10-18(14-24)19-3-2-17(21(26)25(19)12-16)13-23-5-8-28-9-6-23/h2-4,7,16,18H,5-6,8-14H2,1H3/t16-,18+/m0/s1. The molecule has 7 nitrogen and oxygen atoms in total. The van der Waals surface area contributed by atoms with Gasteiger partial charge in [-0.15, -0.1) is 0 Å². The molecule has 0 radical (unpaired) electrons. The number of amides is 1. The lowest BCUT2D eigenvalue weighted by molar-refractivity contribution is 0.0338. The summed E-state index contributed by atoms with van der Waals surface area (Å²) in [5, 5.41) is 0. The van der Waals surface area contributed by atoms with Crippen LogP contribution in [0.25, 0.3) is 0 Å². The third-order valence-electron chi connectivity index (χ3n) is 6.52. The van der Waals surface area contributed by atoms with E-state index in [9.17, 15) is 9.59 Å². The number of nitrogens with zero attached hydrogens (tertiary/aromatic N) is 3.